The summed E-state index contributed by atoms with van der Waals surface area (Å²) in [5.74, 6) is 0. The third-order valence-electron chi connectivity index (χ3n) is 4.14. The van der Waals surface area contributed by atoms with Gasteiger partial charge in [-0.3, -0.25) is 14.8 Å². The molecule has 1 aromatic carbocycles. The Kier molecular flexibility index (Phi) is 5.12. The SMILES string of the molecule is O=C(NCCn1cc([N+](=O)[O-])cn1)N1CCN(c2ccccc2)CC1. The number of piperazine rings is 1. The average Bonchev–Trinajstić information content (AvgIpc) is 3.12. The number of nitro groups is 1. The lowest BCUT2D eigenvalue weighted by Gasteiger charge is -2.36. The van der Waals surface area contributed by atoms with Gasteiger partial charge in [-0.15, -0.1) is 0 Å². The number of nitrogens with one attached hydrogen (secondary N) is 1. The zero-order valence-electron chi connectivity index (χ0n) is 13.7. The van der Waals surface area contributed by atoms with Crippen LogP contribution in [-0.4, -0.2) is 58.4 Å². The van der Waals surface area contributed by atoms with Crippen molar-refractivity contribution in [1.82, 2.24) is 20.0 Å². The summed E-state index contributed by atoms with van der Waals surface area (Å²) in [7, 11) is 0. The predicted molar refractivity (Wildman–Crippen MR) is 92.5 cm³/mol. The van der Waals surface area contributed by atoms with Gasteiger partial charge in [0.15, 0.2) is 0 Å². The molecule has 132 valence electrons. The summed E-state index contributed by atoms with van der Waals surface area (Å²) in [6.45, 7) is 3.67. The third-order valence-corrected chi connectivity index (χ3v) is 4.14. The number of hydrogen-bond donors (Lipinski definition) is 1. The van der Waals surface area contributed by atoms with Crippen LogP contribution in [0.4, 0.5) is 16.2 Å². The van der Waals surface area contributed by atoms with Crippen LogP contribution in [0.3, 0.4) is 0 Å². The highest BCUT2D eigenvalue weighted by Crippen LogP contribution is 2.15. The fourth-order valence-electron chi connectivity index (χ4n) is 2.76. The van der Waals surface area contributed by atoms with E-state index in [0.29, 0.717) is 26.2 Å². The number of para-hydroxylation sites is 1. The lowest BCUT2D eigenvalue weighted by molar-refractivity contribution is -0.385. The zero-order chi connectivity index (χ0) is 17.6. The molecule has 1 fully saturated rings. The van der Waals surface area contributed by atoms with Crippen LogP contribution < -0.4 is 10.2 Å². The molecule has 9 heteroatoms. The first kappa shape index (κ1) is 16.7. The number of aromatic nitrogens is 2. The number of carbonyl (C=O) groups is 1. The molecule has 2 amide bonds. The summed E-state index contributed by atoms with van der Waals surface area (Å²) in [6.07, 6.45) is 2.55. The van der Waals surface area contributed by atoms with Crippen LogP contribution in [0, 0.1) is 10.1 Å². The Morgan fingerprint density at radius 3 is 2.56 bits per heavy atom. The number of hydrogen-bond acceptors (Lipinski definition) is 5. The van der Waals surface area contributed by atoms with Gasteiger partial charge < -0.3 is 15.1 Å². The van der Waals surface area contributed by atoms with Crippen molar-refractivity contribution in [2.24, 2.45) is 0 Å². The van der Waals surface area contributed by atoms with Gasteiger partial charge in [0.1, 0.15) is 12.4 Å². The quantitative estimate of drug-likeness (QED) is 0.652. The number of nitrogens with zero attached hydrogens (tertiary/aromatic N) is 5. The van der Waals surface area contributed by atoms with E-state index in [0.717, 1.165) is 13.1 Å². The van der Waals surface area contributed by atoms with Crippen molar-refractivity contribution in [3.05, 3.63) is 52.8 Å². The van der Waals surface area contributed by atoms with E-state index in [2.05, 4.69) is 27.4 Å². The average molecular weight is 344 g/mol. The van der Waals surface area contributed by atoms with E-state index in [9.17, 15) is 14.9 Å². The van der Waals surface area contributed by atoms with Gasteiger partial charge >= 0.3 is 11.7 Å². The number of benzene rings is 1. The van der Waals surface area contributed by atoms with Crippen LogP contribution in [-0.2, 0) is 6.54 Å². The molecule has 0 atom stereocenters. The Balaban J connectivity index is 1.41. The molecular weight excluding hydrogens is 324 g/mol. The number of amides is 2. The Morgan fingerprint density at radius 1 is 1.20 bits per heavy atom. The van der Waals surface area contributed by atoms with E-state index in [4.69, 9.17) is 0 Å². The molecule has 1 aliphatic rings. The van der Waals surface area contributed by atoms with Crippen molar-refractivity contribution in [1.29, 1.82) is 0 Å². The van der Waals surface area contributed by atoms with Crippen molar-refractivity contribution in [3.8, 4) is 0 Å². The van der Waals surface area contributed by atoms with Crippen LogP contribution in [0.2, 0.25) is 0 Å². The molecule has 0 spiro atoms. The maximum atomic E-state index is 12.2. The van der Waals surface area contributed by atoms with Crippen LogP contribution in [0.1, 0.15) is 0 Å². The van der Waals surface area contributed by atoms with E-state index < -0.39 is 4.92 Å². The minimum atomic E-state index is -0.492. The second kappa shape index (κ2) is 7.65. The molecule has 1 saturated heterocycles. The van der Waals surface area contributed by atoms with Crippen LogP contribution in [0.25, 0.3) is 0 Å². The number of rotatable bonds is 5. The monoisotopic (exact) mass is 344 g/mol. The molecule has 2 aromatic rings. The fourth-order valence-corrected chi connectivity index (χ4v) is 2.76. The van der Waals surface area contributed by atoms with Crippen molar-refractivity contribution < 1.29 is 9.72 Å². The first-order valence-electron chi connectivity index (χ1n) is 8.13. The van der Waals surface area contributed by atoms with E-state index in [1.165, 1.54) is 22.8 Å². The molecule has 0 saturated carbocycles. The molecule has 2 heterocycles. The first-order valence-corrected chi connectivity index (χ1v) is 8.13. The molecule has 1 aromatic heterocycles. The zero-order valence-corrected chi connectivity index (χ0v) is 13.7. The standard InChI is InChI=1S/C16H20N6O3/c23-16(17-6-7-21-13-15(12-18-21)22(24)25)20-10-8-19(9-11-20)14-4-2-1-3-5-14/h1-5,12-13H,6-11H2,(H,17,23). The lowest BCUT2D eigenvalue weighted by Crippen LogP contribution is -2.52. The van der Waals surface area contributed by atoms with Gasteiger partial charge in [0, 0.05) is 38.4 Å². The van der Waals surface area contributed by atoms with Gasteiger partial charge in [0.25, 0.3) is 0 Å². The van der Waals surface area contributed by atoms with Crippen molar-refractivity contribution >= 4 is 17.4 Å². The van der Waals surface area contributed by atoms with Crippen molar-refractivity contribution in [3.63, 3.8) is 0 Å². The van der Waals surface area contributed by atoms with Gasteiger partial charge in [0.05, 0.1) is 11.5 Å². The van der Waals surface area contributed by atoms with Crippen molar-refractivity contribution in [2.45, 2.75) is 6.54 Å². The minimum Gasteiger partial charge on any atom is -0.368 e. The van der Waals surface area contributed by atoms with Crippen LogP contribution in [0.5, 0.6) is 0 Å². The summed E-state index contributed by atoms with van der Waals surface area (Å²) in [5.41, 5.74) is 1.12. The first-order chi connectivity index (χ1) is 12.1. The molecule has 9 nitrogen and oxygen atoms in total. The predicted octanol–water partition coefficient (Wildman–Crippen LogP) is 1.32. The molecule has 1 aliphatic heterocycles. The maximum absolute atomic E-state index is 12.2. The smallest absolute Gasteiger partial charge is 0.317 e. The number of anilines is 1. The second-order valence-electron chi connectivity index (χ2n) is 5.76. The van der Waals surface area contributed by atoms with Gasteiger partial charge in [-0.2, -0.15) is 5.10 Å². The Morgan fingerprint density at radius 2 is 1.92 bits per heavy atom. The maximum Gasteiger partial charge on any atom is 0.317 e. The van der Waals surface area contributed by atoms with Gasteiger partial charge in [-0.25, -0.2) is 4.79 Å². The molecule has 3 rings (SSSR count). The molecule has 0 bridgehead atoms. The van der Waals surface area contributed by atoms with Crippen molar-refractivity contribution in [2.75, 3.05) is 37.6 Å². The Bertz CT molecular complexity index is 724. The highest BCUT2D eigenvalue weighted by molar-refractivity contribution is 5.74. The normalized spacial score (nSPS) is 14.4. The highest BCUT2D eigenvalue weighted by atomic mass is 16.6. The van der Waals surface area contributed by atoms with Gasteiger partial charge in [0.2, 0.25) is 0 Å². The molecular formula is C16H20N6O3. The molecule has 0 unspecified atom stereocenters. The van der Waals surface area contributed by atoms with E-state index in [-0.39, 0.29) is 11.7 Å². The summed E-state index contributed by atoms with van der Waals surface area (Å²) in [5, 5.41) is 17.3. The third kappa shape index (κ3) is 4.25. The molecule has 1 N–H and O–H groups in total. The Hall–Kier alpha value is -3.10. The summed E-state index contributed by atoms with van der Waals surface area (Å²) < 4.78 is 1.45. The number of urea groups is 1. The molecule has 0 radical (unpaired) electrons. The number of carbonyl (C=O) groups excluding carboxylic acids is 1. The summed E-state index contributed by atoms with van der Waals surface area (Å²) >= 11 is 0. The van der Waals surface area contributed by atoms with Crippen LogP contribution >= 0.6 is 0 Å². The summed E-state index contributed by atoms with van der Waals surface area (Å²) in [6, 6.07) is 10.0. The largest absolute Gasteiger partial charge is 0.368 e. The van der Waals surface area contributed by atoms with E-state index >= 15 is 0 Å². The fraction of sp³-hybridized carbons (Fsp3) is 0.375. The second-order valence-corrected chi connectivity index (χ2v) is 5.76. The van der Waals surface area contributed by atoms with Gasteiger partial charge in [-0.05, 0) is 12.1 Å². The topological polar surface area (TPSA) is 96.5 Å². The lowest BCUT2D eigenvalue weighted by atomic mass is 10.2. The van der Waals surface area contributed by atoms with E-state index in [1.807, 2.05) is 18.2 Å². The van der Waals surface area contributed by atoms with Gasteiger partial charge in [-0.1, -0.05) is 18.2 Å². The highest BCUT2D eigenvalue weighted by Gasteiger charge is 2.20. The minimum absolute atomic E-state index is 0.0524. The Labute approximate surface area is 145 Å². The summed E-state index contributed by atoms with van der Waals surface area (Å²) in [4.78, 5) is 26.4. The van der Waals surface area contributed by atoms with E-state index in [1.54, 1.807) is 4.90 Å². The molecule has 0 aliphatic carbocycles. The van der Waals surface area contributed by atoms with Crippen LogP contribution in [0.15, 0.2) is 42.7 Å². The molecule has 25 heavy (non-hydrogen) atoms.